The Morgan fingerprint density at radius 2 is 1.56 bits per heavy atom. The average Bonchev–Trinajstić information content (AvgIpc) is 2.26. The highest BCUT2D eigenvalue weighted by Crippen LogP contribution is 2.35. The van der Waals surface area contributed by atoms with Crippen molar-refractivity contribution in [3.8, 4) is 0 Å². The third-order valence-electron chi connectivity index (χ3n) is 2.94. The Labute approximate surface area is 96.7 Å². The van der Waals surface area contributed by atoms with Gasteiger partial charge in [0.2, 0.25) is 0 Å². The Morgan fingerprint density at radius 1 is 0.938 bits per heavy atom. The van der Waals surface area contributed by atoms with E-state index in [9.17, 15) is 5.11 Å². The van der Waals surface area contributed by atoms with E-state index >= 15 is 0 Å². The molecule has 0 unspecified atom stereocenters. The molecule has 0 aliphatic rings. The van der Waals surface area contributed by atoms with Crippen molar-refractivity contribution in [1.29, 1.82) is 0 Å². The van der Waals surface area contributed by atoms with Crippen LogP contribution in [0.3, 0.4) is 0 Å². The molecule has 2 rings (SSSR count). The fourth-order valence-corrected chi connectivity index (χ4v) is 1.96. The van der Waals surface area contributed by atoms with Gasteiger partial charge in [0, 0.05) is 0 Å². The molecule has 0 aromatic heterocycles. The first kappa shape index (κ1) is 11.2. The molecule has 0 heterocycles. The minimum Gasteiger partial charge on any atom is -0.388 e. The van der Waals surface area contributed by atoms with Gasteiger partial charge in [0.15, 0.2) is 0 Å². The smallest absolute Gasteiger partial charge is 0.0844 e. The number of aliphatic hydroxyl groups is 1. The highest BCUT2D eigenvalue weighted by molar-refractivity contribution is 5.86. The van der Waals surface area contributed by atoms with Crippen LogP contribution < -0.4 is 0 Å². The van der Waals surface area contributed by atoms with Crippen LogP contribution in [-0.2, 0) is 0 Å². The van der Waals surface area contributed by atoms with Crippen molar-refractivity contribution in [2.45, 2.75) is 26.9 Å². The third-order valence-corrected chi connectivity index (χ3v) is 2.94. The van der Waals surface area contributed by atoms with Gasteiger partial charge in [0.1, 0.15) is 0 Å². The second-order valence-corrected chi connectivity index (χ2v) is 5.34. The average molecular weight is 214 g/mol. The van der Waals surface area contributed by atoms with Crippen LogP contribution in [0.1, 0.15) is 32.4 Å². The SMILES string of the molecule is CC(C)(C)[C@@H](O)c1cccc2ccccc12. The molecule has 0 amide bonds. The minimum absolute atomic E-state index is 0.135. The Bertz CT molecular complexity index is 489. The van der Waals surface area contributed by atoms with Gasteiger partial charge in [-0.05, 0) is 21.8 Å². The van der Waals surface area contributed by atoms with E-state index in [4.69, 9.17) is 0 Å². The third kappa shape index (κ3) is 1.96. The summed E-state index contributed by atoms with van der Waals surface area (Å²) in [6.07, 6.45) is -0.432. The molecular weight excluding hydrogens is 196 g/mol. The van der Waals surface area contributed by atoms with E-state index in [1.807, 2.05) is 24.3 Å². The molecule has 1 N–H and O–H groups in total. The van der Waals surface area contributed by atoms with E-state index in [0.717, 1.165) is 10.9 Å². The Morgan fingerprint density at radius 3 is 2.25 bits per heavy atom. The van der Waals surface area contributed by atoms with Gasteiger partial charge < -0.3 is 5.11 Å². The van der Waals surface area contributed by atoms with E-state index < -0.39 is 6.10 Å². The molecule has 0 aliphatic carbocycles. The fourth-order valence-electron chi connectivity index (χ4n) is 1.96. The standard InChI is InChI=1S/C15H18O/c1-15(2,3)14(16)13-10-6-8-11-7-4-5-9-12(11)13/h4-10,14,16H,1-3H3/t14-/m0/s1. The lowest BCUT2D eigenvalue weighted by atomic mass is 9.83. The number of hydrogen-bond acceptors (Lipinski definition) is 1. The van der Waals surface area contributed by atoms with E-state index in [1.165, 1.54) is 5.39 Å². The highest BCUT2D eigenvalue weighted by atomic mass is 16.3. The second-order valence-electron chi connectivity index (χ2n) is 5.34. The molecule has 0 fully saturated rings. The maximum absolute atomic E-state index is 10.4. The van der Waals surface area contributed by atoms with Crippen molar-refractivity contribution in [1.82, 2.24) is 0 Å². The molecule has 2 aromatic rings. The lowest BCUT2D eigenvalue weighted by Crippen LogP contribution is -2.17. The predicted molar refractivity (Wildman–Crippen MR) is 68.4 cm³/mol. The zero-order valence-corrected chi connectivity index (χ0v) is 10.1. The van der Waals surface area contributed by atoms with Crippen LogP contribution in [0, 0.1) is 5.41 Å². The maximum Gasteiger partial charge on any atom is 0.0844 e. The van der Waals surface area contributed by atoms with Gasteiger partial charge in [-0.1, -0.05) is 63.2 Å². The van der Waals surface area contributed by atoms with Gasteiger partial charge in [-0.2, -0.15) is 0 Å². The second kappa shape index (κ2) is 3.91. The molecule has 1 atom stereocenters. The van der Waals surface area contributed by atoms with Crippen LogP contribution in [0.4, 0.5) is 0 Å². The zero-order valence-electron chi connectivity index (χ0n) is 10.1. The predicted octanol–water partition coefficient (Wildman–Crippen LogP) is 3.92. The quantitative estimate of drug-likeness (QED) is 0.762. The van der Waals surface area contributed by atoms with Crippen LogP contribution >= 0.6 is 0 Å². The van der Waals surface area contributed by atoms with E-state index in [2.05, 4.69) is 39.0 Å². The van der Waals surface area contributed by atoms with E-state index in [-0.39, 0.29) is 5.41 Å². The minimum atomic E-state index is -0.432. The first-order valence-electron chi connectivity index (χ1n) is 5.66. The Hall–Kier alpha value is -1.34. The molecule has 1 heteroatoms. The van der Waals surface area contributed by atoms with Crippen LogP contribution in [0.2, 0.25) is 0 Å². The summed E-state index contributed by atoms with van der Waals surface area (Å²) in [5, 5.41) is 12.7. The number of benzene rings is 2. The van der Waals surface area contributed by atoms with Gasteiger partial charge in [-0.3, -0.25) is 0 Å². The summed E-state index contributed by atoms with van der Waals surface area (Å²) >= 11 is 0. The van der Waals surface area contributed by atoms with Gasteiger partial charge in [0.05, 0.1) is 6.10 Å². The largest absolute Gasteiger partial charge is 0.388 e. The summed E-state index contributed by atoms with van der Waals surface area (Å²) in [5.74, 6) is 0. The van der Waals surface area contributed by atoms with Gasteiger partial charge in [-0.15, -0.1) is 0 Å². The molecule has 1 nitrogen and oxygen atoms in total. The lowest BCUT2D eigenvalue weighted by molar-refractivity contribution is 0.0639. The summed E-state index contributed by atoms with van der Waals surface area (Å²) in [6.45, 7) is 6.17. The zero-order chi connectivity index (χ0) is 11.8. The highest BCUT2D eigenvalue weighted by Gasteiger charge is 2.24. The summed E-state index contributed by atoms with van der Waals surface area (Å²) in [4.78, 5) is 0. The Kier molecular flexibility index (Phi) is 2.73. The summed E-state index contributed by atoms with van der Waals surface area (Å²) in [5.41, 5.74) is 0.884. The van der Waals surface area contributed by atoms with Crippen LogP contribution in [0.15, 0.2) is 42.5 Å². The van der Waals surface area contributed by atoms with Crippen molar-refractivity contribution < 1.29 is 5.11 Å². The van der Waals surface area contributed by atoms with Gasteiger partial charge in [0.25, 0.3) is 0 Å². The fraction of sp³-hybridized carbons (Fsp3) is 0.333. The normalized spacial score (nSPS) is 14.0. The van der Waals surface area contributed by atoms with E-state index in [1.54, 1.807) is 0 Å². The molecular formula is C15H18O. The molecule has 0 aliphatic heterocycles. The number of aliphatic hydroxyl groups excluding tert-OH is 1. The molecule has 0 spiro atoms. The number of rotatable bonds is 1. The van der Waals surface area contributed by atoms with Gasteiger partial charge >= 0.3 is 0 Å². The molecule has 0 bridgehead atoms. The van der Waals surface area contributed by atoms with E-state index in [0.29, 0.717) is 0 Å². The van der Waals surface area contributed by atoms with Crippen LogP contribution in [-0.4, -0.2) is 5.11 Å². The summed E-state index contributed by atoms with van der Waals surface area (Å²) in [7, 11) is 0. The number of hydrogen-bond donors (Lipinski definition) is 1. The van der Waals surface area contributed by atoms with Crippen LogP contribution in [0.5, 0.6) is 0 Å². The first-order chi connectivity index (χ1) is 7.50. The molecule has 84 valence electrons. The number of fused-ring (bicyclic) bond motifs is 1. The summed E-state index contributed by atoms with van der Waals surface area (Å²) in [6, 6.07) is 14.3. The Balaban J connectivity index is 2.61. The molecule has 16 heavy (non-hydrogen) atoms. The molecule has 0 radical (unpaired) electrons. The van der Waals surface area contributed by atoms with Crippen molar-refractivity contribution in [2.24, 2.45) is 5.41 Å². The van der Waals surface area contributed by atoms with Crippen molar-refractivity contribution in [2.75, 3.05) is 0 Å². The summed E-state index contributed by atoms with van der Waals surface area (Å²) < 4.78 is 0. The maximum atomic E-state index is 10.4. The molecule has 0 saturated carbocycles. The van der Waals surface area contributed by atoms with Crippen molar-refractivity contribution in [3.05, 3.63) is 48.0 Å². The molecule has 2 aromatic carbocycles. The monoisotopic (exact) mass is 214 g/mol. The first-order valence-corrected chi connectivity index (χ1v) is 5.66. The van der Waals surface area contributed by atoms with Crippen molar-refractivity contribution >= 4 is 10.8 Å². The topological polar surface area (TPSA) is 20.2 Å². The molecule has 0 saturated heterocycles. The van der Waals surface area contributed by atoms with Crippen LogP contribution in [0.25, 0.3) is 10.8 Å². The lowest BCUT2D eigenvalue weighted by Gasteiger charge is -2.27. The van der Waals surface area contributed by atoms with Crippen molar-refractivity contribution in [3.63, 3.8) is 0 Å². The van der Waals surface area contributed by atoms with Gasteiger partial charge in [-0.25, -0.2) is 0 Å².